The number of rotatable bonds is 1. The third-order valence-corrected chi connectivity index (χ3v) is 0.870. The molecule has 0 aromatic carbocycles. The fourth-order valence-corrected chi connectivity index (χ4v) is 0.446. The topological polar surface area (TPSA) is 17.8 Å². The number of imidazole rings is 1. The van der Waals surface area contributed by atoms with Gasteiger partial charge in [-0.1, -0.05) is 6.58 Å². The Balaban J connectivity index is 2.93. The SMILES string of the molecule is [CH2]C(=C)n1ccnc1. The van der Waals surface area contributed by atoms with E-state index < -0.39 is 0 Å². The molecule has 1 rings (SSSR count). The maximum Gasteiger partial charge on any atom is 0.0988 e. The van der Waals surface area contributed by atoms with Gasteiger partial charge >= 0.3 is 0 Å². The van der Waals surface area contributed by atoms with Crippen LogP contribution in [0.1, 0.15) is 0 Å². The molecule has 0 spiro atoms. The van der Waals surface area contributed by atoms with Gasteiger partial charge in [0.15, 0.2) is 0 Å². The third-order valence-electron chi connectivity index (χ3n) is 0.870. The summed E-state index contributed by atoms with van der Waals surface area (Å²) in [5.41, 5.74) is 0.738. The van der Waals surface area contributed by atoms with Crippen LogP contribution in [-0.4, -0.2) is 9.55 Å². The maximum atomic E-state index is 3.81. The van der Waals surface area contributed by atoms with Crippen molar-refractivity contribution in [2.45, 2.75) is 0 Å². The summed E-state index contributed by atoms with van der Waals surface area (Å²) in [4.78, 5) is 3.81. The molecule has 0 N–H and O–H groups in total. The van der Waals surface area contributed by atoms with Crippen LogP contribution in [0.25, 0.3) is 5.70 Å². The lowest BCUT2D eigenvalue weighted by atomic mass is 10.6. The minimum Gasteiger partial charge on any atom is -0.311 e. The molecule has 8 heavy (non-hydrogen) atoms. The van der Waals surface area contributed by atoms with Gasteiger partial charge in [0.25, 0.3) is 0 Å². The van der Waals surface area contributed by atoms with Crippen molar-refractivity contribution in [3.05, 3.63) is 32.2 Å². The fourth-order valence-electron chi connectivity index (χ4n) is 0.446. The summed E-state index contributed by atoms with van der Waals surface area (Å²) in [6.07, 6.45) is 5.15. The Morgan fingerprint density at radius 3 is 2.62 bits per heavy atom. The van der Waals surface area contributed by atoms with E-state index in [-0.39, 0.29) is 0 Å². The van der Waals surface area contributed by atoms with E-state index in [1.165, 1.54) is 0 Å². The van der Waals surface area contributed by atoms with Crippen molar-refractivity contribution in [2.75, 3.05) is 0 Å². The Morgan fingerprint density at radius 2 is 2.38 bits per heavy atom. The van der Waals surface area contributed by atoms with Crippen LogP contribution in [0.4, 0.5) is 0 Å². The van der Waals surface area contributed by atoms with Gasteiger partial charge in [-0.2, -0.15) is 0 Å². The summed E-state index contributed by atoms with van der Waals surface area (Å²) < 4.78 is 1.75. The quantitative estimate of drug-likeness (QED) is 0.527. The maximum absolute atomic E-state index is 3.81. The van der Waals surface area contributed by atoms with Crippen LogP contribution in [0, 0.1) is 6.92 Å². The van der Waals surface area contributed by atoms with Crippen molar-refractivity contribution >= 4 is 5.70 Å². The number of aromatic nitrogens is 2. The highest BCUT2D eigenvalue weighted by Crippen LogP contribution is 1.94. The Labute approximate surface area is 48.5 Å². The molecule has 1 aromatic heterocycles. The fraction of sp³-hybridized carbons (Fsp3) is 0. The lowest BCUT2D eigenvalue weighted by molar-refractivity contribution is 1.10. The summed E-state index contributed by atoms with van der Waals surface area (Å²) in [7, 11) is 0. The smallest absolute Gasteiger partial charge is 0.0988 e. The van der Waals surface area contributed by atoms with Gasteiger partial charge in [0, 0.05) is 18.1 Å². The van der Waals surface area contributed by atoms with Crippen molar-refractivity contribution in [3.63, 3.8) is 0 Å². The summed E-state index contributed by atoms with van der Waals surface area (Å²) >= 11 is 0. The molecule has 0 unspecified atom stereocenters. The predicted octanol–water partition coefficient (Wildman–Crippen LogP) is 1.19. The first-order valence-electron chi connectivity index (χ1n) is 2.30. The first-order valence-corrected chi connectivity index (χ1v) is 2.30. The summed E-state index contributed by atoms with van der Waals surface area (Å²) in [5.74, 6) is 0. The molecular formula is C6H7N2. The monoisotopic (exact) mass is 107 g/mol. The highest BCUT2D eigenvalue weighted by atomic mass is 15.0. The van der Waals surface area contributed by atoms with Gasteiger partial charge in [-0.25, -0.2) is 4.98 Å². The van der Waals surface area contributed by atoms with E-state index in [1.807, 2.05) is 0 Å². The molecular weight excluding hydrogens is 100 g/mol. The minimum absolute atomic E-state index is 0.738. The van der Waals surface area contributed by atoms with Crippen LogP contribution in [0.5, 0.6) is 0 Å². The summed E-state index contributed by atoms with van der Waals surface area (Å²) in [6, 6.07) is 0. The molecule has 0 bridgehead atoms. The standard InChI is InChI=1S/C6H7N2/c1-6(2)8-4-3-7-5-8/h3-5H,1-2H2. The third kappa shape index (κ3) is 0.780. The van der Waals surface area contributed by atoms with Gasteiger partial charge in [-0.05, 0) is 6.92 Å². The van der Waals surface area contributed by atoms with E-state index in [9.17, 15) is 0 Å². The first-order chi connectivity index (χ1) is 3.80. The highest BCUT2D eigenvalue weighted by Gasteiger charge is 1.83. The second kappa shape index (κ2) is 1.82. The molecule has 1 radical (unpaired) electrons. The van der Waals surface area contributed by atoms with E-state index in [1.54, 1.807) is 23.3 Å². The number of nitrogens with zero attached hydrogens (tertiary/aromatic N) is 2. The molecule has 0 saturated carbocycles. The van der Waals surface area contributed by atoms with Crippen molar-refractivity contribution in [3.8, 4) is 0 Å². The molecule has 0 fully saturated rings. The molecule has 0 atom stereocenters. The Morgan fingerprint density at radius 1 is 1.62 bits per heavy atom. The molecule has 2 heteroatoms. The van der Waals surface area contributed by atoms with Gasteiger partial charge in [-0.3, -0.25) is 0 Å². The molecule has 0 aliphatic heterocycles. The normalized spacial score (nSPS) is 9.12. The Hall–Kier alpha value is -1.05. The molecule has 0 aliphatic rings. The Bertz CT molecular complexity index is 174. The highest BCUT2D eigenvalue weighted by molar-refractivity contribution is 5.43. The second-order valence-electron chi connectivity index (χ2n) is 1.54. The van der Waals surface area contributed by atoms with Gasteiger partial charge < -0.3 is 4.57 Å². The van der Waals surface area contributed by atoms with Crippen molar-refractivity contribution < 1.29 is 0 Å². The van der Waals surface area contributed by atoms with E-state index in [4.69, 9.17) is 0 Å². The van der Waals surface area contributed by atoms with Crippen LogP contribution < -0.4 is 0 Å². The van der Waals surface area contributed by atoms with Crippen LogP contribution in [0.2, 0.25) is 0 Å². The number of hydrogen-bond donors (Lipinski definition) is 0. The molecule has 41 valence electrons. The van der Waals surface area contributed by atoms with E-state index in [0.29, 0.717) is 0 Å². The zero-order valence-corrected chi connectivity index (χ0v) is 4.54. The first kappa shape index (κ1) is 5.09. The summed E-state index contributed by atoms with van der Waals surface area (Å²) in [6.45, 7) is 7.22. The van der Waals surface area contributed by atoms with Crippen LogP contribution >= 0.6 is 0 Å². The second-order valence-corrected chi connectivity index (χ2v) is 1.54. The number of allylic oxidation sites excluding steroid dienone is 1. The molecule has 1 heterocycles. The Kier molecular flexibility index (Phi) is 1.16. The van der Waals surface area contributed by atoms with Crippen molar-refractivity contribution in [1.29, 1.82) is 0 Å². The van der Waals surface area contributed by atoms with Gasteiger partial charge in [-0.15, -0.1) is 0 Å². The molecule has 1 aromatic rings. The molecule has 0 aliphatic carbocycles. The van der Waals surface area contributed by atoms with Crippen LogP contribution in [-0.2, 0) is 0 Å². The van der Waals surface area contributed by atoms with Gasteiger partial charge in [0.2, 0.25) is 0 Å². The van der Waals surface area contributed by atoms with E-state index in [0.717, 1.165) is 5.70 Å². The molecule has 0 saturated heterocycles. The van der Waals surface area contributed by atoms with E-state index >= 15 is 0 Å². The van der Waals surface area contributed by atoms with Crippen molar-refractivity contribution in [1.82, 2.24) is 9.55 Å². The molecule has 2 nitrogen and oxygen atoms in total. The lowest BCUT2D eigenvalue weighted by Crippen LogP contribution is -1.84. The van der Waals surface area contributed by atoms with E-state index in [2.05, 4.69) is 18.5 Å². The van der Waals surface area contributed by atoms with Gasteiger partial charge in [0.1, 0.15) is 0 Å². The predicted molar refractivity (Wildman–Crippen MR) is 32.9 cm³/mol. The number of hydrogen-bond acceptors (Lipinski definition) is 1. The largest absolute Gasteiger partial charge is 0.311 e. The van der Waals surface area contributed by atoms with Gasteiger partial charge in [0.05, 0.1) is 6.33 Å². The average molecular weight is 107 g/mol. The van der Waals surface area contributed by atoms with Crippen LogP contribution in [0.15, 0.2) is 25.3 Å². The molecule has 0 amide bonds. The minimum atomic E-state index is 0.738. The average Bonchev–Trinajstić information content (AvgIpc) is 2.12. The lowest BCUT2D eigenvalue weighted by Gasteiger charge is -1.93. The zero-order valence-electron chi connectivity index (χ0n) is 4.54. The van der Waals surface area contributed by atoms with Crippen LogP contribution in [0.3, 0.4) is 0 Å². The summed E-state index contributed by atoms with van der Waals surface area (Å²) in [5, 5.41) is 0. The van der Waals surface area contributed by atoms with Crippen molar-refractivity contribution in [2.24, 2.45) is 0 Å². The zero-order chi connectivity index (χ0) is 5.98.